The van der Waals surface area contributed by atoms with E-state index in [0.717, 1.165) is 32.5 Å². The Labute approximate surface area is 133 Å². The molecule has 2 saturated heterocycles. The van der Waals surface area contributed by atoms with Crippen molar-refractivity contribution in [1.82, 2.24) is 9.80 Å². The van der Waals surface area contributed by atoms with Crippen molar-refractivity contribution in [3.8, 4) is 0 Å². The highest BCUT2D eigenvalue weighted by Crippen LogP contribution is 2.34. The third kappa shape index (κ3) is 3.18. The third-order valence-corrected chi connectivity index (χ3v) is 5.01. The van der Waals surface area contributed by atoms with E-state index in [4.69, 9.17) is 4.74 Å². The Morgan fingerprint density at radius 2 is 2.14 bits per heavy atom. The van der Waals surface area contributed by atoms with Gasteiger partial charge in [-0.25, -0.2) is 0 Å². The molecule has 2 aliphatic rings. The van der Waals surface area contributed by atoms with Crippen molar-refractivity contribution in [2.45, 2.75) is 38.5 Å². The Bertz CT molecular complexity index is 544. The summed E-state index contributed by atoms with van der Waals surface area (Å²) in [5.74, 6) is 0.655. The molecule has 22 heavy (non-hydrogen) atoms. The van der Waals surface area contributed by atoms with Crippen LogP contribution in [0.3, 0.4) is 0 Å². The predicted octanol–water partition coefficient (Wildman–Crippen LogP) is 2.06. The predicted molar refractivity (Wildman–Crippen MR) is 86.5 cm³/mol. The zero-order valence-electron chi connectivity index (χ0n) is 13.8. The van der Waals surface area contributed by atoms with E-state index < -0.39 is 0 Å². The standard InChI is InChI=1S/C18H26N2O2/c1-13-6-4-5-7-15(13)11-20-9-8-14-10-16(18(21)19(2)3)22-17(14)12-20/h4-7,14,16-17H,8-12H2,1-3H3/t14-,16+,17+/m0/s1. The maximum atomic E-state index is 12.1. The van der Waals surface area contributed by atoms with Gasteiger partial charge in [-0.1, -0.05) is 24.3 Å². The minimum absolute atomic E-state index is 0.111. The zero-order valence-corrected chi connectivity index (χ0v) is 13.8. The fraction of sp³-hybridized carbons (Fsp3) is 0.611. The number of rotatable bonds is 3. The minimum atomic E-state index is -0.233. The highest BCUT2D eigenvalue weighted by molar-refractivity contribution is 5.80. The van der Waals surface area contributed by atoms with E-state index in [2.05, 4.69) is 36.1 Å². The van der Waals surface area contributed by atoms with Crippen LogP contribution in [-0.2, 0) is 16.1 Å². The fourth-order valence-electron chi connectivity index (χ4n) is 3.61. The smallest absolute Gasteiger partial charge is 0.251 e. The van der Waals surface area contributed by atoms with E-state index >= 15 is 0 Å². The SMILES string of the molecule is Cc1ccccc1CN1CC[C@H]2C[C@H](C(=O)N(C)C)O[C@@H]2C1. The van der Waals surface area contributed by atoms with Crippen LogP contribution < -0.4 is 0 Å². The molecule has 2 heterocycles. The lowest BCUT2D eigenvalue weighted by Gasteiger charge is -2.34. The van der Waals surface area contributed by atoms with E-state index in [1.165, 1.54) is 11.1 Å². The molecule has 0 aromatic heterocycles. The second-order valence-corrected chi connectivity index (χ2v) is 6.84. The first-order chi connectivity index (χ1) is 10.5. The number of piperidine rings is 1. The van der Waals surface area contributed by atoms with Crippen LogP contribution in [0.2, 0.25) is 0 Å². The Kier molecular flexibility index (Phi) is 4.50. The summed E-state index contributed by atoms with van der Waals surface area (Å²) < 4.78 is 6.05. The number of amides is 1. The van der Waals surface area contributed by atoms with Crippen LogP contribution in [0.5, 0.6) is 0 Å². The highest BCUT2D eigenvalue weighted by Gasteiger charge is 2.42. The van der Waals surface area contributed by atoms with Gasteiger partial charge in [-0.05, 0) is 43.4 Å². The topological polar surface area (TPSA) is 32.8 Å². The summed E-state index contributed by atoms with van der Waals surface area (Å²) in [5.41, 5.74) is 2.73. The summed E-state index contributed by atoms with van der Waals surface area (Å²) in [6.45, 7) is 5.18. The molecule has 0 N–H and O–H groups in total. The van der Waals surface area contributed by atoms with Crippen molar-refractivity contribution in [3.63, 3.8) is 0 Å². The molecule has 0 aliphatic carbocycles. The number of aryl methyl sites for hydroxylation is 1. The summed E-state index contributed by atoms with van der Waals surface area (Å²) in [6.07, 6.45) is 2.00. The first-order valence-corrected chi connectivity index (χ1v) is 8.18. The Morgan fingerprint density at radius 1 is 1.36 bits per heavy atom. The molecule has 0 spiro atoms. The Morgan fingerprint density at radius 3 is 2.86 bits per heavy atom. The van der Waals surface area contributed by atoms with Gasteiger partial charge in [-0.15, -0.1) is 0 Å². The summed E-state index contributed by atoms with van der Waals surface area (Å²) >= 11 is 0. The Balaban J connectivity index is 1.60. The molecule has 0 bridgehead atoms. The molecule has 1 amide bonds. The largest absolute Gasteiger partial charge is 0.364 e. The van der Waals surface area contributed by atoms with Crippen molar-refractivity contribution in [1.29, 1.82) is 0 Å². The van der Waals surface area contributed by atoms with Gasteiger partial charge in [0.05, 0.1) is 6.10 Å². The number of ether oxygens (including phenoxy) is 1. The fourth-order valence-corrected chi connectivity index (χ4v) is 3.61. The van der Waals surface area contributed by atoms with Crippen LogP contribution in [0.1, 0.15) is 24.0 Å². The molecule has 0 saturated carbocycles. The summed E-state index contributed by atoms with van der Waals surface area (Å²) in [7, 11) is 3.61. The number of likely N-dealkylation sites (N-methyl/N-ethyl adjacent to an activating group) is 1. The number of carbonyl (C=O) groups is 1. The number of fused-ring (bicyclic) bond motifs is 1. The van der Waals surface area contributed by atoms with E-state index in [9.17, 15) is 4.79 Å². The maximum Gasteiger partial charge on any atom is 0.251 e. The van der Waals surface area contributed by atoms with Crippen LogP contribution in [0, 0.1) is 12.8 Å². The molecule has 3 rings (SSSR count). The van der Waals surface area contributed by atoms with Gasteiger partial charge in [0.25, 0.3) is 5.91 Å². The number of benzene rings is 1. The first-order valence-electron chi connectivity index (χ1n) is 8.18. The minimum Gasteiger partial charge on any atom is -0.364 e. The lowest BCUT2D eigenvalue weighted by molar-refractivity contribution is -0.141. The van der Waals surface area contributed by atoms with Gasteiger partial charge in [0.15, 0.2) is 0 Å². The second kappa shape index (κ2) is 6.39. The Hall–Kier alpha value is -1.39. The zero-order chi connectivity index (χ0) is 15.7. The average Bonchev–Trinajstić information content (AvgIpc) is 2.91. The number of hydrogen-bond acceptors (Lipinski definition) is 3. The van der Waals surface area contributed by atoms with Gasteiger partial charge in [0.1, 0.15) is 6.10 Å². The quantitative estimate of drug-likeness (QED) is 0.857. The van der Waals surface area contributed by atoms with Crippen LogP contribution in [0.15, 0.2) is 24.3 Å². The average molecular weight is 302 g/mol. The molecule has 0 unspecified atom stereocenters. The normalized spacial score (nSPS) is 28.4. The molecule has 2 fully saturated rings. The first kappa shape index (κ1) is 15.5. The van der Waals surface area contributed by atoms with Crippen molar-refractivity contribution >= 4 is 5.91 Å². The summed E-state index contributed by atoms with van der Waals surface area (Å²) in [4.78, 5) is 16.2. The number of carbonyl (C=O) groups excluding carboxylic acids is 1. The number of likely N-dealkylation sites (tertiary alicyclic amines) is 1. The molecular formula is C18H26N2O2. The molecule has 1 aromatic rings. The van der Waals surface area contributed by atoms with E-state index in [0.29, 0.717) is 5.92 Å². The summed E-state index contributed by atoms with van der Waals surface area (Å²) in [6, 6.07) is 8.56. The van der Waals surface area contributed by atoms with E-state index in [1.54, 1.807) is 19.0 Å². The van der Waals surface area contributed by atoms with Crippen LogP contribution in [0.25, 0.3) is 0 Å². The molecule has 3 atom stereocenters. The van der Waals surface area contributed by atoms with Gasteiger partial charge in [-0.3, -0.25) is 9.69 Å². The molecule has 0 radical (unpaired) electrons. The summed E-state index contributed by atoms with van der Waals surface area (Å²) in [5, 5.41) is 0. The van der Waals surface area contributed by atoms with Gasteiger partial charge in [0.2, 0.25) is 0 Å². The van der Waals surface area contributed by atoms with Crippen LogP contribution in [-0.4, -0.2) is 55.1 Å². The lowest BCUT2D eigenvalue weighted by atomic mass is 9.91. The van der Waals surface area contributed by atoms with Gasteiger partial charge < -0.3 is 9.64 Å². The van der Waals surface area contributed by atoms with Crippen molar-refractivity contribution in [2.75, 3.05) is 27.2 Å². The van der Waals surface area contributed by atoms with Crippen molar-refractivity contribution < 1.29 is 9.53 Å². The number of hydrogen-bond donors (Lipinski definition) is 0. The molecule has 1 aromatic carbocycles. The van der Waals surface area contributed by atoms with Crippen molar-refractivity contribution in [3.05, 3.63) is 35.4 Å². The molecule has 4 heteroatoms. The molecular weight excluding hydrogens is 276 g/mol. The molecule has 2 aliphatic heterocycles. The van der Waals surface area contributed by atoms with E-state index in [-0.39, 0.29) is 18.1 Å². The van der Waals surface area contributed by atoms with E-state index in [1.807, 2.05) is 0 Å². The van der Waals surface area contributed by atoms with Gasteiger partial charge in [-0.2, -0.15) is 0 Å². The highest BCUT2D eigenvalue weighted by atomic mass is 16.5. The maximum absolute atomic E-state index is 12.1. The third-order valence-electron chi connectivity index (χ3n) is 5.01. The number of nitrogens with zero attached hydrogens (tertiary/aromatic N) is 2. The lowest BCUT2D eigenvalue weighted by Crippen LogP contribution is -2.42. The van der Waals surface area contributed by atoms with Gasteiger partial charge >= 0.3 is 0 Å². The van der Waals surface area contributed by atoms with Crippen LogP contribution >= 0.6 is 0 Å². The van der Waals surface area contributed by atoms with Crippen LogP contribution in [0.4, 0.5) is 0 Å². The monoisotopic (exact) mass is 302 g/mol. The second-order valence-electron chi connectivity index (χ2n) is 6.84. The van der Waals surface area contributed by atoms with Gasteiger partial charge in [0, 0.05) is 27.2 Å². The van der Waals surface area contributed by atoms with Crippen molar-refractivity contribution in [2.24, 2.45) is 5.92 Å². The molecule has 120 valence electrons. The molecule has 4 nitrogen and oxygen atoms in total.